The molecule has 2 rings (SSSR count). The molecule has 0 fully saturated rings. The maximum atomic E-state index is 2.53. The summed E-state index contributed by atoms with van der Waals surface area (Å²) in [5, 5.41) is 0. The van der Waals surface area contributed by atoms with Gasteiger partial charge in [0.2, 0.25) is 0 Å². The maximum absolute atomic E-state index is 2.53. The molecule has 0 aliphatic rings. The standard InChI is InChI=1S/2C7H7.C2H6N.Hf/c2*1-7-5-3-2-4-6-7;1-3-2;/h2*2-6H,1H2;1-2H3;/q;;-1;+1. The Hall–Kier alpha value is -0.730. The molecule has 0 aromatic heterocycles. The van der Waals surface area contributed by atoms with Crippen molar-refractivity contribution in [1.82, 2.24) is 2.89 Å². The summed E-state index contributed by atoms with van der Waals surface area (Å²) in [6.45, 7) is 0. The molecule has 0 aliphatic carbocycles. The van der Waals surface area contributed by atoms with Crippen LogP contribution in [0.1, 0.15) is 11.1 Å². The molecule has 1 nitrogen and oxygen atoms in total. The molecule has 2 aromatic carbocycles. The van der Waals surface area contributed by atoms with Crippen molar-refractivity contribution < 1.29 is 21.7 Å². The zero-order valence-corrected chi connectivity index (χ0v) is 14.7. The van der Waals surface area contributed by atoms with E-state index in [-0.39, 0.29) is 0 Å². The van der Waals surface area contributed by atoms with Crippen molar-refractivity contribution in [2.75, 3.05) is 14.1 Å². The number of hydrogen-bond acceptors (Lipinski definition) is 1. The molecule has 2 heteroatoms. The molecule has 2 aromatic rings. The Morgan fingerprint density at radius 1 is 0.722 bits per heavy atom. The fourth-order valence-corrected chi connectivity index (χ4v) is 9.84. The molecule has 0 heterocycles. The van der Waals surface area contributed by atoms with Gasteiger partial charge in [0.15, 0.2) is 0 Å². The second-order valence-corrected chi connectivity index (χ2v) is 14.6. The molecule has 0 N–H and O–H groups in total. The Morgan fingerprint density at radius 2 is 1.11 bits per heavy atom. The van der Waals surface area contributed by atoms with Gasteiger partial charge in [-0.3, -0.25) is 0 Å². The fourth-order valence-electron chi connectivity index (χ4n) is 2.04. The Bertz CT molecular complexity index is 412. The third-order valence-corrected chi connectivity index (χ3v) is 13.5. The Morgan fingerprint density at radius 3 is 1.44 bits per heavy atom. The van der Waals surface area contributed by atoms with E-state index in [9.17, 15) is 0 Å². The summed E-state index contributed by atoms with van der Waals surface area (Å²) >= 11 is -1.72. The van der Waals surface area contributed by atoms with Crippen LogP contribution in [0.15, 0.2) is 60.7 Å². The van der Waals surface area contributed by atoms with E-state index in [1.54, 1.807) is 0 Å². The van der Waals surface area contributed by atoms with Gasteiger partial charge in [0.25, 0.3) is 0 Å². The molecule has 0 atom stereocenters. The zero-order valence-electron chi connectivity index (χ0n) is 11.1. The van der Waals surface area contributed by atoms with Crippen LogP contribution in [0.3, 0.4) is 0 Å². The summed E-state index contributed by atoms with van der Waals surface area (Å²) in [4.78, 5) is 0. The summed E-state index contributed by atoms with van der Waals surface area (Å²) in [6, 6.07) is 21.8. The molecule has 0 saturated heterocycles. The summed E-state index contributed by atoms with van der Waals surface area (Å²) < 4.78 is 5.16. The van der Waals surface area contributed by atoms with Crippen molar-refractivity contribution in [1.29, 1.82) is 0 Å². The van der Waals surface area contributed by atoms with Gasteiger partial charge < -0.3 is 0 Å². The van der Waals surface area contributed by atoms with Crippen LogP contribution in [-0.2, 0) is 30.1 Å². The first-order chi connectivity index (χ1) is 8.75. The van der Waals surface area contributed by atoms with Crippen LogP contribution in [0.2, 0.25) is 0 Å². The zero-order chi connectivity index (χ0) is 12.8. The monoisotopic (exact) mass is 406 g/mol. The molecular formula is C16H20HfN. The molecule has 0 unspecified atom stereocenters. The van der Waals surface area contributed by atoms with E-state index in [1.165, 1.54) is 19.5 Å². The van der Waals surface area contributed by atoms with Crippen LogP contribution >= 0.6 is 0 Å². The average molecular weight is 405 g/mol. The predicted molar refractivity (Wildman–Crippen MR) is 74.0 cm³/mol. The first-order valence-corrected chi connectivity index (χ1v) is 13.0. The van der Waals surface area contributed by atoms with E-state index < -0.39 is 21.7 Å². The number of benzene rings is 2. The summed E-state index contributed by atoms with van der Waals surface area (Å²) in [5.41, 5.74) is 3.01. The summed E-state index contributed by atoms with van der Waals surface area (Å²) in [6.07, 6.45) is 0. The van der Waals surface area contributed by atoms with Gasteiger partial charge in [-0.05, 0) is 0 Å². The van der Waals surface area contributed by atoms with Gasteiger partial charge >= 0.3 is 119 Å². The van der Waals surface area contributed by atoms with Gasteiger partial charge in [-0.25, -0.2) is 0 Å². The van der Waals surface area contributed by atoms with Crippen molar-refractivity contribution in [3.05, 3.63) is 71.8 Å². The van der Waals surface area contributed by atoms with E-state index in [0.717, 1.165) is 0 Å². The van der Waals surface area contributed by atoms with Crippen molar-refractivity contribution in [3.8, 4) is 0 Å². The summed E-state index contributed by atoms with van der Waals surface area (Å²) in [5.74, 6) is 0. The average Bonchev–Trinajstić information content (AvgIpc) is 2.40. The molecule has 0 bridgehead atoms. The first-order valence-electron chi connectivity index (χ1n) is 6.35. The Kier molecular flexibility index (Phi) is 5.33. The molecule has 0 aliphatic heterocycles. The number of nitrogens with zero attached hydrogens (tertiary/aromatic N) is 1. The van der Waals surface area contributed by atoms with Gasteiger partial charge in [0.05, 0.1) is 0 Å². The minimum atomic E-state index is -1.72. The second-order valence-electron chi connectivity index (χ2n) is 4.79. The van der Waals surface area contributed by atoms with Crippen molar-refractivity contribution in [3.63, 3.8) is 0 Å². The number of hydrogen-bond donors (Lipinski definition) is 0. The van der Waals surface area contributed by atoms with Crippen LogP contribution in [0.5, 0.6) is 0 Å². The third-order valence-electron chi connectivity index (χ3n) is 3.13. The van der Waals surface area contributed by atoms with Gasteiger partial charge in [-0.2, -0.15) is 0 Å². The van der Waals surface area contributed by atoms with E-state index in [0.29, 0.717) is 0 Å². The molecule has 18 heavy (non-hydrogen) atoms. The van der Waals surface area contributed by atoms with Crippen LogP contribution in [0, 0.1) is 0 Å². The molecule has 0 amide bonds. The SMILES string of the molecule is C[N](C)[Hf]([CH2]c1ccccc1)[CH2]c1ccccc1. The van der Waals surface area contributed by atoms with Gasteiger partial charge in [0.1, 0.15) is 0 Å². The normalized spacial score (nSPS) is 10.6. The van der Waals surface area contributed by atoms with Crippen molar-refractivity contribution in [2.45, 2.75) is 8.35 Å². The molecular weight excluding hydrogens is 385 g/mol. The molecule has 0 saturated carbocycles. The number of rotatable bonds is 5. The predicted octanol–water partition coefficient (Wildman–Crippen LogP) is 3.48. The van der Waals surface area contributed by atoms with Gasteiger partial charge in [0, 0.05) is 0 Å². The fraction of sp³-hybridized carbons (Fsp3) is 0.250. The second kappa shape index (κ2) is 7.01. The Labute approximate surface area is 118 Å². The van der Waals surface area contributed by atoms with Gasteiger partial charge in [-0.15, -0.1) is 0 Å². The third kappa shape index (κ3) is 4.18. The van der Waals surface area contributed by atoms with Gasteiger partial charge in [-0.1, -0.05) is 0 Å². The quantitative estimate of drug-likeness (QED) is 0.690. The first kappa shape index (κ1) is 13.7. The van der Waals surface area contributed by atoms with E-state index in [1.807, 2.05) is 0 Å². The molecule has 0 spiro atoms. The van der Waals surface area contributed by atoms with Crippen LogP contribution < -0.4 is 0 Å². The van der Waals surface area contributed by atoms with Crippen LogP contribution in [0.25, 0.3) is 0 Å². The molecule has 93 valence electrons. The van der Waals surface area contributed by atoms with E-state index in [2.05, 4.69) is 77.6 Å². The summed E-state index contributed by atoms with van der Waals surface area (Å²) in [7, 11) is 4.52. The Balaban J connectivity index is 2.05. The van der Waals surface area contributed by atoms with E-state index in [4.69, 9.17) is 0 Å². The van der Waals surface area contributed by atoms with Crippen LogP contribution in [-0.4, -0.2) is 17.0 Å². The minimum absolute atomic E-state index is 1.31. The topological polar surface area (TPSA) is 3.24 Å². The van der Waals surface area contributed by atoms with Crippen LogP contribution in [0.4, 0.5) is 0 Å². The molecule has 0 radical (unpaired) electrons. The van der Waals surface area contributed by atoms with Crippen molar-refractivity contribution >= 4 is 0 Å². The van der Waals surface area contributed by atoms with E-state index >= 15 is 0 Å². The van der Waals surface area contributed by atoms with Crippen molar-refractivity contribution in [2.24, 2.45) is 0 Å².